The predicted molar refractivity (Wildman–Crippen MR) is 92.5 cm³/mol. The Morgan fingerprint density at radius 1 is 1.19 bits per heavy atom. The monoisotopic (exact) mass is 358 g/mol. The maximum atomic E-state index is 12.4. The van der Waals surface area contributed by atoms with E-state index in [0.717, 1.165) is 0 Å². The second-order valence-corrected chi connectivity index (χ2v) is 5.50. The average molecular weight is 358 g/mol. The first-order valence-corrected chi connectivity index (χ1v) is 7.87. The number of anilines is 1. The molecule has 0 bridgehead atoms. The number of aliphatic hydroxyl groups is 1. The number of rotatable bonds is 6. The molecule has 0 aliphatic carbocycles. The van der Waals surface area contributed by atoms with Crippen LogP contribution in [0.15, 0.2) is 42.5 Å². The van der Waals surface area contributed by atoms with Crippen LogP contribution in [-0.4, -0.2) is 43.5 Å². The van der Waals surface area contributed by atoms with Crippen LogP contribution in [0.5, 0.6) is 17.2 Å². The van der Waals surface area contributed by atoms with Gasteiger partial charge in [0.05, 0.1) is 13.7 Å². The molecular weight excluding hydrogens is 340 g/mol. The van der Waals surface area contributed by atoms with E-state index in [0.29, 0.717) is 28.5 Å². The van der Waals surface area contributed by atoms with Crippen molar-refractivity contribution < 1.29 is 28.9 Å². The minimum absolute atomic E-state index is 0.0998. The zero-order valence-electron chi connectivity index (χ0n) is 14.0. The van der Waals surface area contributed by atoms with Crippen molar-refractivity contribution in [3.8, 4) is 17.2 Å². The topological polar surface area (TPSA) is 106 Å². The minimum Gasteiger partial charge on any atom is -0.497 e. The summed E-state index contributed by atoms with van der Waals surface area (Å²) in [6.45, 7) is -0.450. The molecular formula is C18H18N2O6. The Morgan fingerprint density at radius 2 is 2.00 bits per heavy atom. The Kier molecular flexibility index (Phi) is 5.23. The number of nitrogens with one attached hydrogen (secondary N) is 2. The lowest BCUT2D eigenvalue weighted by molar-refractivity contribution is -0.118. The zero-order valence-corrected chi connectivity index (χ0v) is 14.0. The molecule has 2 aromatic carbocycles. The summed E-state index contributed by atoms with van der Waals surface area (Å²) in [5, 5.41) is 14.6. The number of hydrogen-bond donors (Lipinski definition) is 3. The van der Waals surface area contributed by atoms with Gasteiger partial charge in [0.25, 0.3) is 5.91 Å². The second kappa shape index (κ2) is 7.75. The molecule has 0 fully saturated rings. The Hall–Kier alpha value is -3.26. The summed E-state index contributed by atoms with van der Waals surface area (Å²) in [4.78, 5) is 24.7. The van der Waals surface area contributed by atoms with Gasteiger partial charge in [-0.05, 0) is 30.3 Å². The van der Waals surface area contributed by atoms with Gasteiger partial charge in [-0.3, -0.25) is 9.59 Å². The molecule has 0 spiro atoms. The van der Waals surface area contributed by atoms with E-state index < -0.39 is 24.5 Å². The average Bonchev–Trinajstić information content (AvgIpc) is 3.13. The van der Waals surface area contributed by atoms with E-state index >= 15 is 0 Å². The number of carbonyl (C=O) groups excluding carboxylic acids is 2. The van der Waals surface area contributed by atoms with Crippen molar-refractivity contribution in [2.75, 3.05) is 25.8 Å². The van der Waals surface area contributed by atoms with Gasteiger partial charge in [0, 0.05) is 17.3 Å². The van der Waals surface area contributed by atoms with E-state index in [1.165, 1.54) is 13.2 Å². The van der Waals surface area contributed by atoms with Crippen LogP contribution in [0.3, 0.4) is 0 Å². The van der Waals surface area contributed by atoms with E-state index in [1.54, 1.807) is 36.4 Å². The van der Waals surface area contributed by atoms with Gasteiger partial charge in [-0.15, -0.1) is 0 Å². The van der Waals surface area contributed by atoms with Crippen molar-refractivity contribution >= 4 is 17.5 Å². The molecule has 1 atom stereocenters. The molecule has 8 nitrogen and oxygen atoms in total. The van der Waals surface area contributed by atoms with Crippen LogP contribution in [0, 0.1) is 0 Å². The standard InChI is InChI=1S/C18H18N2O6/c1-24-13-4-2-3-12(8-13)19-18(23)14(9-21)20-17(22)11-5-6-15-16(7-11)26-10-25-15/h2-8,14,21H,9-10H2,1H3,(H,19,23)(H,20,22)/t14-/m0/s1. The smallest absolute Gasteiger partial charge is 0.252 e. The van der Waals surface area contributed by atoms with Gasteiger partial charge in [-0.1, -0.05) is 6.07 Å². The van der Waals surface area contributed by atoms with E-state index in [-0.39, 0.29) is 6.79 Å². The first-order chi connectivity index (χ1) is 12.6. The van der Waals surface area contributed by atoms with Gasteiger partial charge in [0.2, 0.25) is 12.7 Å². The van der Waals surface area contributed by atoms with Crippen molar-refractivity contribution in [3.05, 3.63) is 48.0 Å². The van der Waals surface area contributed by atoms with Gasteiger partial charge in [-0.25, -0.2) is 0 Å². The zero-order chi connectivity index (χ0) is 18.5. The normalized spacial score (nSPS) is 13.0. The summed E-state index contributed by atoms with van der Waals surface area (Å²) in [6, 6.07) is 10.3. The molecule has 1 heterocycles. The second-order valence-electron chi connectivity index (χ2n) is 5.50. The fourth-order valence-corrected chi connectivity index (χ4v) is 2.40. The van der Waals surface area contributed by atoms with Crippen molar-refractivity contribution in [1.82, 2.24) is 5.32 Å². The van der Waals surface area contributed by atoms with Crippen LogP contribution in [-0.2, 0) is 4.79 Å². The Labute approximate surface area is 149 Å². The fraction of sp³-hybridized carbons (Fsp3) is 0.222. The summed E-state index contributed by atoms with van der Waals surface area (Å²) in [5.74, 6) is 0.529. The third kappa shape index (κ3) is 3.86. The molecule has 3 N–H and O–H groups in total. The van der Waals surface area contributed by atoms with Crippen LogP contribution in [0.2, 0.25) is 0 Å². The lowest BCUT2D eigenvalue weighted by Crippen LogP contribution is -2.46. The molecule has 1 aliphatic rings. The Morgan fingerprint density at radius 3 is 2.77 bits per heavy atom. The van der Waals surface area contributed by atoms with E-state index in [9.17, 15) is 14.7 Å². The summed E-state index contributed by atoms with van der Waals surface area (Å²) < 4.78 is 15.5. The fourth-order valence-electron chi connectivity index (χ4n) is 2.40. The van der Waals surface area contributed by atoms with Crippen molar-refractivity contribution in [2.45, 2.75) is 6.04 Å². The molecule has 0 unspecified atom stereocenters. The highest BCUT2D eigenvalue weighted by Gasteiger charge is 2.22. The Bertz CT molecular complexity index is 823. The maximum Gasteiger partial charge on any atom is 0.252 e. The Balaban J connectivity index is 1.66. The molecule has 0 saturated heterocycles. The number of ether oxygens (including phenoxy) is 3. The highest BCUT2D eigenvalue weighted by atomic mass is 16.7. The van der Waals surface area contributed by atoms with Crippen LogP contribution in [0.4, 0.5) is 5.69 Å². The van der Waals surface area contributed by atoms with Crippen molar-refractivity contribution in [2.24, 2.45) is 0 Å². The number of hydrogen-bond acceptors (Lipinski definition) is 6. The van der Waals surface area contributed by atoms with Crippen LogP contribution in [0.1, 0.15) is 10.4 Å². The number of benzene rings is 2. The third-order valence-corrected chi connectivity index (χ3v) is 3.78. The predicted octanol–water partition coefficient (Wildman–Crippen LogP) is 1.15. The maximum absolute atomic E-state index is 12.4. The first kappa shape index (κ1) is 17.6. The summed E-state index contributed by atoms with van der Waals surface area (Å²) in [6.07, 6.45) is 0. The number of carbonyl (C=O) groups is 2. The lowest BCUT2D eigenvalue weighted by atomic mass is 10.1. The van der Waals surface area contributed by atoms with Crippen molar-refractivity contribution in [1.29, 1.82) is 0 Å². The molecule has 2 amide bonds. The van der Waals surface area contributed by atoms with Crippen LogP contribution < -0.4 is 24.8 Å². The SMILES string of the molecule is COc1cccc(NC(=O)[C@H](CO)NC(=O)c2ccc3c(c2)OCO3)c1. The van der Waals surface area contributed by atoms with E-state index in [2.05, 4.69) is 10.6 Å². The largest absolute Gasteiger partial charge is 0.497 e. The van der Waals surface area contributed by atoms with Gasteiger partial charge >= 0.3 is 0 Å². The van der Waals surface area contributed by atoms with Crippen LogP contribution in [0.25, 0.3) is 0 Å². The molecule has 2 aromatic rings. The molecule has 0 saturated carbocycles. The molecule has 26 heavy (non-hydrogen) atoms. The van der Waals surface area contributed by atoms with Crippen LogP contribution >= 0.6 is 0 Å². The highest BCUT2D eigenvalue weighted by molar-refractivity contribution is 6.01. The van der Waals surface area contributed by atoms with Gasteiger partial charge in [0.15, 0.2) is 11.5 Å². The summed E-state index contributed by atoms with van der Waals surface area (Å²) in [5.41, 5.74) is 0.784. The number of aliphatic hydroxyl groups excluding tert-OH is 1. The number of fused-ring (bicyclic) bond motifs is 1. The quantitative estimate of drug-likeness (QED) is 0.715. The molecule has 0 aromatic heterocycles. The number of methoxy groups -OCH3 is 1. The summed E-state index contributed by atoms with van der Waals surface area (Å²) in [7, 11) is 1.52. The van der Waals surface area contributed by atoms with Gasteiger partial charge in [-0.2, -0.15) is 0 Å². The third-order valence-electron chi connectivity index (χ3n) is 3.78. The molecule has 8 heteroatoms. The van der Waals surface area contributed by atoms with Gasteiger partial charge in [0.1, 0.15) is 11.8 Å². The first-order valence-electron chi connectivity index (χ1n) is 7.87. The van der Waals surface area contributed by atoms with E-state index in [1.807, 2.05) is 0 Å². The molecule has 136 valence electrons. The van der Waals surface area contributed by atoms with Crippen molar-refractivity contribution in [3.63, 3.8) is 0 Å². The minimum atomic E-state index is -1.11. The molecule has 1 aliphatic heterocycles. The van der Waals surface area contributed by atoms with E-state index in [4.69, 9.17) is 14.2 Å². The van der Waals surface area contributed by atoms with Gasteiger partial charge < -0.3 is 30.0 Å². The highest BCUT2D eigenvalue weighted by Crippen LogP contribution is 2.32. The molecule has 3 rings (SSSR count). The lowest BCUT2D eigenvalue weighted by Gasteiger charge is -2.16. The number of amides is 2. The summed E-state index contributed by atoms with van der Waals surface area (Å²) >= 11 is 0. The molecule has 0 radical (unpaired) electrons.